The van der Waals surface area contributed by atoms with Crippen LogP contribution in [-0.2, 0) is 17.3 Å². The molecule has 7 heteroatoms. The van der Waals surface area contributed by atoms with Gasteiger partial charge in [-0.1, -0.05) is 12.1 Å². The molecule has 0 aliphatic rings. The van der Waals surface area contributed by atoms with Gasteiger partial charge >= 0.3 is 0 Å². The Morgan fingerprint density at radius 2 is 1.79 bits per heavy atom. The van der Waals surface area contributed by atoms with Crippen LogP contribution in [0.1, 0.15) is 59.6 Å². The molecule has 0 aliphatic carbocycles. The van der Waals surface area contributed by atoms with Gasteiger partial charge in [0.25, 0.3) is 0 Å². The van der Waals surface area contributed by atoms with Crippen LogP contribution in [0.25, 0.3) is 0 Å². The van der Waals surface area contributed by atoms with E-state index in [-0.39, 0.29) is 34.3 Å². The van der Waals surface area contributed by atoms with E-state index in [1.165, 1.54) is 0 Å². The van der Waals surface area contributed by atoms with Crippen LogP contribution >= 0.6 is 24.0 Å². The molecule has 2 N–H and O–H groups in total. The second-order valence-corrected chi connectivity index (χ2v) is 10.9. The molecular weight excluding hydrogens is 485 g/mol. The van der Waals surface area contributed by atoms with Gasteiger partial charge in [0.1, 0.15) is 11.4 Å². The van der Waals surface area contributed by atoms with Crippen molar-refractivity contribution in [3.05, 3.63) is 29.3 Å². The maximum atomic E-state index is 12.2. The van der Waals surface area contributed by atoms with Gasteiger partial charge in [-0.2, -0.15) is 0 Å². The fraction of sp³-hybridized carbons (Fsp3) is 0.667. The quantitative estimate of drug-likeness (QED) is 0.316. The van der Waals surface area contributed by atoms with Gasteiger partial charge in [0, 0.05) is 40.0 Å². The summed E-state index contributed by atoms with van der Waals surface area (Å²) >= 11 is 0. The van der Waals surface area contributed by atoms with Crippen LogP contribution in [0.5, 0.6) is 5.75 Å². The fourth-order valence-electron chi connectivity index (χ4n) is 2.29. The van der Waals surface area contributed by atoms with E-state index in [4.69, 9.17) is 4.74 Å². The van der Waals surface area contributed by atoms with E-state index in [9.17, 15) is 4.21 Å². The first-order valence-electron chi connectivity index (χ1n) is 9.61. The molecule has 162 valence electrons. The Morgan fingerprint density at radius 3 is 2.32 bits per heavy atom. The number of rotatable bonds is 7. The van der Waals surface area contributed by atoms with E-state index in [0.29, 0.717) is 18.8 Å². The van der Waals surface area contributed by atoms with Gasteiger partial charge in [-0.25, -0.2) is 4.99 Å². The summed E-state index contributed by atoms with van der Waals surface area (Å²) in [5.74, 6) is 2.19. The van der Waals surface area contributed by atoms with Gasteiger partial charge in [0.15, 0.2) is 5.96 Å². The third-order valence-electron chi connectivity index (χ3n) is 3.65. The zero-order valence-electron chi connectivity index (χ0n) is 18.6. The van der Waals surface area contributed by atoms with Crippen molar-refractivity contribution in [1.82, 2.24) is 10.6 Å². The van der Waals surface area contributed by atoms with Crippen LogP contribution in [0.3, 0.4) is 0 Å². The van der Waals surface area contributed by atoms with Crippen LogP contribution in [-0.4, -0.2) is 39.4 Å². The number of benzene rings is 1. The largest absolute Gasteiger partial charge is 0.488 e. The number of halogens is 1. The van der Waals surface area contributed by atoms with Gasteiger partial charge in [-0.3, -0.25) is 4.21 Å². The fourth-order valence-corrected chi connectivity index (χ4v) is 3.19. The van der Waals surface area contributed by atoms with E-state index in [2.05, 4.69) is 40.7 Å². The topological polar surface area (TPSA) is 62.7 Å². The highest BCUT2D eigenvalue weighted by atomic mass is 127. The third kappa shape index (κ3) is 10.6. The van der Waals surface area contributed by atoms with E-state index in [1.54, 1.807) is 0 Å². The smallest absolute Gasteiger partial charge is 0.191 e. The lowest BCUT2D eigenvalue weighted by atomic mass is 10.1. The first kappa shape index (κ1) is 27.2. The summed E-state index contributed by atoms with van der Waals surface area (Å²) in [4.78, 5) is 4.68. The summed E-state index contributed by atoms with van der Waals surface area (Å²) < 4.78 is 18.1. The number of nitrogens with one attached hydrogen (secondary N) is 2. The summed E-state index contributed by atoms with van der Waals surface area (Å²) in [5, 5.41) is 6.52. The maximum absolute atomic E-state index is 12.2. The Balaban J connectivity index is 0.00000729. The van der Waals surface area contributed by atoms with Crippen molar-refractivity contribution >= 4 is 40.7 Å². The first-order chi connectivity index (χ1) is 12.4. The molecular formula is C21H38IN3O2S. The van der Waals surface area contributed by atoms with Crippen molar-refractivity contribution in [3.8, 4) is 5.75 Å². The van der Waals surface area contributed by atoms with Crippen LogP contribution in [0.2, 0.25) is 0 Å². The number of nitrogens with zero attached hydrogens (tertiary/aromatic N) is 1. The molecule has 0 amide bonds. The van der Waals surface area contributed by atoms with E-state index >= 15 is 0 Å². The number of hydrogen-bond acceptors (Lipinski definition) is 3. The monoisotopic (exact) mass is 523 g/mol. The predicted molar refractivity (Wildman–Crippen MR) is 133 cm³/mol. The van der Waals surface area contributed by atoms with Crippen LogP contribution < -0.4 is 15.4 Å². The van der Waals surface area contributed by atoms with Crippen molar-refractivity contribution in [2.45, 2.75) is 72.3 Å². The molecule has 0 radical (unpaired) electrons. The molecule has 0 aliphatic heterocycles. The Morgan fingerprint density at radius 1 is 1.14 bits per heavy atom. The standard InChI is InChI=1S/C21H37N3O2S.HI/c1-9-22-19(23-12-13-27(25)21(6,7)8)24-15-17-11-10-16(2)14-18(17)26-20(3,4)5;/h10-11,14H,9,12-13,15H2,1-8H3,(H2,22,23,24);1H. The lowest BCUT2D eigenvalue weighted by molar-refractivity contribution is 0.129. The zero-order chi connectivity index (χ0) is 20.7. The normalized spacial score (nSPS) is 13.5. The van der Waals surface area contributed by atoms with Crippen LogP contribution in [0.15, 0.2) is 23.2 Å². The predicted octanol–water partition coefficient (Wildman–Crippen LogP) is 4.39. The van der Waals surface area contributed by atoms with Crippen molar-refractivity contribution in [3.63, 3.8) is 0 Å². The minimum Gasteiger partial charge on any atom is -0.488 e. The Kier molecular flexibility index (Phi) is 11.6. The van der Waals surface area contributed by atoms with Crippen molar-refractivity contribution in [2.75, 3.05) is 18.8 Å². The zero-order valence-corrected chi connectivity index (χ0v) is 21.8. The Hall–Kier alpha value is -0.830. The summed E-state index contributed by atoms with van der Waals surface area (Å²) in [5.41, 5.74) is 1.95. The molecule has 1 rings (SSSR count). The lowest BCUT2D eigenvalue weighted by Gasteiger charge is -2.23. The van der Waals surface area contributed by atoms with E-state index < -0.39 is 10.8 Å². The maximum Gasteiger partial charge on any atom is 0.191 e. The van der Waals surface area contributed by atoms with Crippen LogP contribution in [0, 0.1) is 6.92 Å². The minimum atomic E-state index is -0.881. The molecule has 1 unspecified atom stereocenters. The number of guanidine groups is 1. The van der Waals surface area contributed by atoms with Crippen LogP contribution in [0.4, 0.5) is 0 Å². The Bertz CT molecular complexity index is 665. The number of aliphatic imine (C=N–C) groups is 1. The molecule has 0 spiro atoms. The average molecular weight is 524 g/mol. The molecule has 1 aromatic carbocycles. The minimum absolute atomic E-state index is 0. The number of ether oxygens (including phenoxy) is 1. The van der Waals surface area contributed by atoms with Crippen molar-refractivity contribution in [2.24, 2.45) is 4.99 Å². The number of aryl methyl sites for hydroxylation is 1. The van der Waals surface area contributed by atoms with E-state index in [0.717, 1.165) is 29.4 Å². The molecule has 5 nitrogen and oxygen atoms in total. The average Bonchev–Trinajstić information content (AvgIpc) is 2.51. The Labute approximate surface area is 191 Å². The van der Waals surface area contributed by atoms with Gasteiger partial charge in [0.05, 0.1) is 6.54 Å². The van der Waals surface area contributed by atoms with Gasteiger partial charge < -0.3 is 15.4 Å². The molecule has 28 heavy (non-hydrogen) atoms. The van der Waals surface area contributed by atoms with Crippen molar-refractivity contribution < 1.29 is 8.95 Å². The summed E-state index contributed by atoms with van der Waals surface area (Å²) in [6, 6.07) is 6.20. The SMILES string of the molecule is CCNC(=NCc1ccc(C)cc1OC(C)(C)C)NCCS(=O)C(C)(C)C.I. The van der Waals surface area contributed by atoms with Gasteiger partial charge in [-0.15, -0.1) is 24.0 Å². The van der Waals surface area contributed by atoms with Gasteiger partial charge in [-0.05, 0) is 67.0 Å². The molecule has 0 heterocycles. The highest BCUT2D eigenvalue weighted by Gasteiger charge is 2.19. The second kappa shape index (κ2) is 12.0. The lowest BCUT2D eigenvalue weighted by Crippen LogP contribution is -2.40. The summed E-state index contributed by atoms with van der Waals surface area (Å²) in [6.07, 6.45) is 0. The highest BCUT2D eigenvalue weighted by Crippen LogP contribution is 2.25. The molecule has 0 saturated carbocycles. The second-order valence-electron chi connectivity index (χ2n) is 8.61. The molecule has 0 bridgehead atoms. The van der Waals surface area contributed by atoms with Gasteiger partial charge in [0.2, 0.25) is 0 Å². The molecule has 1 atom stereocenters. The molecule has 0 fully saturated rings. The highest BCUT2D eigenvalue weighted by molar-refractivity contribution is 14.0. The van der Waals surface area contributed by atoms with Crippen molar-refractivity contribution in [1.29, 1.82) is 0 Å². The molecule has 0 saturated heterocycles. The van der Waals surface area contributed by atoms with E-state index in [1.807, 2.05) is 48.5 Å². The summed E-state index contributed by atoms with van der Waals surface area (Å²) in [7, 11) is -0.881. The molecule has 1 aromatic rings. The molecule has 0 aromatic heterocycles. The number of hydrogen-bond donors (Lipinski definition) is 2. The first-order valence-corrected chi connectivity index (χ1v) is 10.9. The third-order valence-corrected chi connectivity index (χ3v) is 5.59. The summed E-state index contributed by atoms with van der Waals surface area (Å²) in [6.45, 7) is 18.1.